The maximum atomic E-state index is 12.0. The van der Waals surface area contributed by atoms with E-state index in [9.17, 15) is 9.59 Å². The Morgan fingerprint density at radius 3 is 2.53 bits per heavy atom. The van der Waals surface area contributed by atoms with Crippen LogP contribution in [0.4, 0.5) is 0 Å². The fourth-order valence-electron chi connectivity index (χ4n) is 2.14. The second-order valence-electron chi connectivity index (χ2n) is 4.59. The summed E-state index contributed by atoms with van der Waals surface area (Å²) < 4.78 is 0. The number of pyridine rings is 1. The quantitative estimate of drug-likeness (QED) is 0.812. The number of H-pyrrole nitrogens is 1. The molecule has 2 N–H and O–H groups in total. The monoisotopic (exact) mass is 257 g/mol. The van der Waals surface area contributed by atoms with Crippen LogP contribution >= 0.6 is 0 Å². The number of hydrogen-bond donors (Lipinski definition) is 2. The number of aromatic nitrogens is 1. The minimum Gasteiger partial charge on any atom is -0.478 e. The van der Waals surface area contributed by atoms with E-state index in [4.69, 9.17) is 5.11 Å². The molecule has 19 heavy (non-hydrogen) atoms. The highest BCUT2D eigenvalue weighted by molar-refractivity contribution is 5.90. The third kappa shape index (κ3) is 2.29. The van der Waals surface area contributed by atoms with Crippen molar-refractivity contribution in [2.24, 2.45) is 0 Å². The van der Waals surface area contributed by atoms with Crippen molar-refractivity contribution < 1.29 is 9.90 Å². The van der Waals surface area contributed by atoms with Crippen molar-refractivity contribution in [2.75, 3.05) is 0 Å². The van der Waals surface area contributed by atoms with Crippen molar-refractivity contribution in [3.05, 3.63) is 50.8 Å². The van der Waals surface area contributed by atoms with Crippen molar-refractivity contribution in [3.8, 4) is 0 Å². The van der Waals surface area contributed by atoms with Crippen LogP contribution in [0.1, 0.15) is 22.3 Å². The Morgan fingerprint density at radius 1 is 1.21 bits per heavy atom. The zero-order chi connectivity index (χ0) is 14.2. The Hall–Kier alpha value is -2.36. The van der Waals surface area contributed by atoms with E-state index in [1.54, 1.807) is 0 Å². The van der Waals surface area contributed by atoms with Gasteiger partial charge in [0.25, 0.3) is 5.56 Å². The van der Waals surface area contributed by atoms with Crippen LogP contribution in [0.2, 0.25) is 0 Å². The van der Waals surface area contributed by atoms with Gasteiger partial charge in [-0.15, -0.1) is 0 Å². The van der Waals surface area contributed by atoms with Crippen LogP contribution in [0.5, 0.6) is 0 Å². The number of fused-ring (bicyclic) bond motifs is 1. The lowest BCUT2D eigenvalue weighted by Crippen LogP contribution is -2.12. The number of aromatic amines is 1. The smallest absolute Gasteiger partial charge is 0.328 e. The molecule has 0 unspecified atom stereocenters. The topological polar surface area (TPSA) is 70.2 Å². The number of aryl methyl sites for hydroxylation is 3. The van der Waals surface area contributed by atoms with E-state index < -0.39 is 5.97 Å². The molecule has 0 radical (unpaired) electrons. The molecule has 0 amide bonds. The molecule has 0 saturated carbocycles. The molecule has 0 spiro atoms. The first-order valence-corrected chi connectivity index (χ1v) is 5.95. The number of hydrogen-bond acceptors (Lipinski definition) is 2. The van der Waals surface area contributed by atoms with E-state index in [-0.39, 0.29) is 5.56 Å². The van der Waals surface area contributed by atoms with Crippen molar-refractivity contribution in [3.63, 3.8) is 0 Å². The number of nitrogens with one attached hydrogen (secondary N) is 1. The number of benzene rings is 1. The van der Waals surface area contributed by atoms with Crippen molar-refractivity contribution in [1.29, 1.82) is 0 Å². The van der Waals surface area contributed by atoms with Crippen LogP contribution in [0.25, 0.3) is 17.0 Å². The molecule has 4 nitrogen and oxygen atoms in total. The van der Waals surface area contributed by atoms with Crippen LogP contribution < -0.4 is 5.56 Å². The van der Waals surface area contributed by atoms with Gasteiger partial charge in [-0.1, -0.05) is 12.1 Å². The summed E-state index contributed by atoms with van der Waals surface area (Å²) in [6, 6.07) is 3.94. The van der Waals surface area contributed by atoms with Gasteiger partial charge < -0.3 is 10.1 Å². The summed E-state index contributed by atoms with van der Waals surface area (Å²) in [5, 5.41) is 9.59. The second-order valence-corrected chi connectivity index (χ2v) is 4.59. The molecular formula is C15H15NO3. The number of carbonyl (C=O) groups is 1. The summed E-state index contributed by atoms with van der Waals surface area (Å²) in [6.45, 7) is 5.77. The average molecular weight is 257 g/mol. The van der Waals surface area contributed by atoms with E-state index in [0.29, 0.717) is 5.56 Å². The Labute approximate surface area is 110 Å². The van der Waals surface area contributed by atoms with Gasteiger partial charge in [-0.25, -0.2) is 4.79 Å². The standard InChI is InChI=1S/C15H15NO3/c1-8-4-5-11-10(3)12(6-7-13(17)18)15(19)16-14(11)9(8)2/h4-7H,1-3H3,(H,16,19)(H,17,18)/b7-6+. The Balaban J connectivity index is 2.80. The van der Waals surface area contributed by atoms with E-state index in [1.807, 2.05) is 32.9 Å². The Kier molecular flexibility index (Phi) is 3.25. The SMILES string of the molecule is Cc1ccc2c(C)c(/C=C/C(=O)O)c(=O)[nH]c2c1C. The Morgan fingerprint density at radius 2 is 1.89 bits per heavy atom. The molecule has 0 bridgehead atoms. The van der Waals surface area contributed by atoms with Crippen molar-refractivity contribution in [2.45, 2.75) is 20.8 Å². The molecule has 4 heteroatoms. The lowest BCUT2D eigenvalue weighted by atomic mass is 9.99. The highest BCUT2D eigenvalue weighted by Gasteiger charge is 2.09. The van der Waals surface area contributed by atoms with Crippen LogP contribution in [-0.2, 0) is 4.79 Å². The number of carboxylic acid groups (broad SMARTS) is 1. The van der Waals surface area contributed by atoms with Crippen LogP contribution in [0.3, 0.4) is 0 Å². The molecule has 0 saturated heterocycles. The summed E-state index contributed by atoms with van der Waals surface area (Å²) in [7, 11) is 0. The molecule has 1 aromatic heterocycles. The molecule has 2 rings (SSSR count). The summed E-state index contributed by atoms with van der Waals surface area (Å²) in [4.78, 5) is 25.4. The first-order chi connectivity index (χ1) is 8.91. The molecule has 1 aromatic carbocycles. The average Bonchev–Trinajstić information content (AvgIpc) is 2.34. The summed E-state index contributed by atoms with van der Waals surface area (Å²) in [5.74, 6) is -1.07. The highest BCUT2D eigenvalue weighted by Crippen LogP contribution is 2.23. The Bertz CT molecular complexity index is 754. The molecule has 0 atom stereocenters. The third-order valence-corrected chi connectivity index (χ3v) is 3.42. The van der Waals surface area contributed by atoms with E-state index in [2.05, 4.69) is 4.98 Å². The van der Waals surface area contributed by atoms with E-state index >= 15 is 0 Å². The van der Waals surface area contributed by atoms with Crippen LogP contribution in [0, 0.1) is 20.8 Å². The van der Waals surface area contributed by atoms with Gasteiger partial charge in [0.2, 0.25) is 0 Å². The highest BCUT2D eigenvalue weighted by atomic mass is 16.4. The zero-order valence-corrected chi connectivity index (χ0v) is 11.1. The zero-order valence-electron chi connectivity index (χ0n) is 11.1. The van der Waals surface area contributed by atoms with E-state index in [0.717, 1.165) is 33.7 Å². The van der Waals surface area contributed by atoms with Gasteiger partial charge in [0, 0.05) is 17.0 Å². The molecule has 98 valence electrons. The molecular weight excluding hydrogens is 242 g/mol. The summed E-state index contributed by atoms with van der Waals surface area (Å²) in [6.07, 6.45) is 2.32. The van der Waals surface area contributed by atoms with Gasteiger partial charge in [-0.05, 0) is 43.5 Å². The van der Waals surface area contributed by atoms with Crippen LogP contribution in [0.15, 0.2) is 23.0 Å². The van der Waals surface area contributed by atoms with Gasteiger partial charge in [0.15, 0.2) is 0 Å². The predicted molar refractivity (Wildman–Crippen MR) is 75.4 cm³/mol. The van der Waals surface area contributed by atoms with Crippen molar-refractivity contribution in [1.82, 2.24) is 4.98 Å². The maximum Gasteiger partial charge on any atom is 0.328 e. The minimum absolute atomic E-state index is 0.267. The number of carboxylic acids is 1. The van der Waals surface area contributed by atoms with Crippen LogP contribution in [-0.4, -0.2) is 16.1 Å². The first kappa shape index (κ1) is 13.1. The predicted octanol–water partition coefficient (Wildman–Crippen LogP) is 2.55. The first-order valence-electron chi connectivity index (χ1n) is 5.95. The van der Waals surface area contributed by atoms with Gasteiger partial charge in [-0.2, -0.15) is 0 Å². The molecule has 0 fully saturated rings. The molecule has 1 heterocycles. The van der Waals surface area contributed by atoms with Gasteiger partial charge in [-0.3, -0.25) is 4.79 Å². The summed E-state index contributed by atoms with van der Waals surface area (Å²) in [5.41, 5.74) is 3.87. The van der Waals surface area contributed by atoms with Gasteiger partial charge >= 0.3 is 5.97 Å². The molecule has 0 aliphatic carbocycles. The lowest BCUT2D eigenvalue weighted by Gasteiger charge is -2.10. The van der Waals surface area contributed by atoms with E-state index in [1.165, 1.54) is 6.08 Å². The number of aliphatic carboxylic acids is 1. The largest absolute Gasteiger partial charge is 0.478 e. The van der Waals surface area contributed by atoms with Crippen molar-refractivity contribution >= 4 is 22.9 Å². The lowest BCUT2D eigenvalue weighted by molar-refractivity contribution is -0.131. The minimum atomic E-state index is -1.07. The summed E-state index contributed by atoms with van der Waals surface area (Å²) >= 11 is 0. The maximum absolute atomic E-state index is 12.0. The van der Waals surface area contributed by atoms with Gasteiger partial charge in [0.1, 0.15) is 0 Å². The molecule has 0 aliphatic rings. The second kappa shape index (κ2) is 4.72. The number of rotatable bonds is 2. The fraction of sp³-hybridized carbons (Fsp3) is 0.200. The third-order valence-electron chi connectivity index (χ3n) is 3.42. The van der Waals surface area contributed by atoms with Gasteiger partial charge in [0.05, 0.1) is 5.52 Å². The fourth-order valence-corrected chi connectivity index (χ4v) is 2.14. The normalized spacial score (nSPS) is 11.3. The molecule has 2 aromatic rings. The molecule has 0 aliphatic heterocycles.